The number of thioether (sulfide) groups is 1. The summed E-state index contributed by atoms with van der Waals surface area (Å²) >= 11 is 6.21. The predicted octanol–water partition coefficient (Wildman–Crippen LogP) is 3.34. The van der Waals surface area contributed by atoms with Crippen molar-refractivity contribution >= 4 is 40.3 Å². The number of hydrazine groups is 1. The number of carbonyl (C=O) groups excluding carboxylic acids is 1. The summed E-state index contributed by atoms with van der Waals surface area (Å²) in [6.45, 7) is 0.495. The van der Waals surface area contributed by atoms with E-state index in [0.29, 0.717) is 15.8 Å². The van der Waals surface area contributed by atoms with Gasteiger partial charge >= 0.3 is 0 Å². The van der Waals surface area contributed by atoms with Crippen LogP contribution in [0.3, 0.4) is 0 Å². The van der Waals surface area contributed by atoms with Crippen LogP contribution in [0.2, 0.25) is 0 Å². The molecule has 0 aromatic heterocycles. The quantitative estimate of drug-likeness (QED) is 0.400. The Kier molecular flexibility index (Phi) is 4.76. The second kappa shape index (κ2) is 6.95. The van der Waals surface area contributed by atoms with E-state index in [-0.39, 0.29) is 5.91 Å². The number of hydrogen-bond acceptors (Lipinski definition) is 5. The van der Waals surface area contributed by atoms with Crippen LogP contribution >= 0.6 is 24.0 Å². The Morgan fingerprint density at radius 3 is 2.65 bits per heavy atom. The van der Waals surface area contributed by atoms with Crippen LogP contribution in [-0.4, -0.2) is 15.2 Å². The van der Waals surface area contributed by atoms with Gasteiger partial charge in [-0.05, 0) is 29.3 Å². The molecule has 2 aromatic rings. The molecule has 1 amide bonds. The number of thiocarbonyl (C=S) groups is 1. The van der Waals surface area contributed by atoms with Crippen LogP contribution in [0, 0.1) is 0 Å². The van der Waals surface area contributed by atoms with Crippen molar-refractivity contribution in [1.29, 1.82) is 0 Å². The molecular weight excluding hydrogens is 328 g/mol. The van der Waals surface area contributed by atoms with Crippen molar-refractivity contribution in [2.45, 2.75) is 6.61 Å². The lowest BCUT2D eigenvalue weighted by Crippen LogP contribution is -2.34. The largest absolute Gasteiger partial charge is 0.489 e. The van der Waals surface area contributed by atoms with Gasteiger partial charge in [-0.25, -0.2) is 10.9 Å². The number of benzene rings is 2. The zero-order chi connectivity index (χ0) is 16.2. The zero-order valence-corrected chi connectivity index (χ0v) is 13.8. The van der Waals surface area contributed by atoms with E-state index in [9.17, 15) is 4.79 Å². The highest BCUT2D eigenvalue weighted by Crippen LogP contribution is 2.30. The summed E-state index contributed by atoms with van der Waals surface area (Å²) in [7, 11) is 0. The molecule has 2 aromatic carbocycles. The molecule has 0 unspecified atom stereocenters. The highest BCUT2D eigenvalue weighted by Gasteiger charge is 2.29. The van der Waals surface area contributed by atoms with Crippen molar-refractivity contribution in [3.8, 4) is 5.75 Å². The molecule has 23 heavy (non-hydrogen) atoms. The maximum Gasteiger partial charge on any atom is 0.280 e. The summed E-state index contributed by atoms with van der Waals surface area (Å²) in [6, 6.07) is 17.5. The Bertz CT molecular complexity index is 775. The number of nitrogens with two attached hydrogens (primary N) is 1. The standard InChI is InChI=1S/C17H14N2O2S2/c18-19-16(20)15(23-17(19)22)10-13-7-4-8-14(9-13)21-11-12-5-2-1-3-6-12/h1-10H,11,18H2/b15-10-. The number of amides is 1. The molecular formula is C17H14N2O2S2. The fourth-order valence-corrected chi connectivity index (χ4v) is 3.17. The first-order valence-electron chi connectivity index (χ1n) is 6.93. The average Bonchev–Trinajstić information content (AvgIpc) is 2.81. The summed E-state index contributed by atoms with van der Waals surface area (Å²) in [5.74, 6) is 6.02. The van der Waals surface area contributed by atoms with Crippen LogP contribution in [-0.2, 0) is 11.4 Å². The fourth-order valence-electron chi connectivity index (χ4n) is 2.07. The van der Waals surface area contributed by atoms with E-state index in [2.05, 4.69) is 0 Å². The Hall–Kier alpha value is -2.15. The normalized spacial score (nSPS) is 16.2. The topological polar surface area (TPSA) is 55.6 Å². The minimum Gasteiger partial charge on any atom is -0.489 e. The van der Waals surface area contributed by atoms with Gasteiger partial charge in [-0.15, -0.1) is 0 Å². The summed E-state index contributed by atoms with van der Waals surface area (Å²) in [5.41, 5.74) is 1.96. The lowest BCUT2D eigenvalue weighted by Gasteiger charge is -2.07. The highest BCUT2D eigenvalue weighted by atomic mass is 32.2. The molecule has 1 aliphatic rings. The number of nitrogens with zero attached hydrogens (tertiary/aromatic N) is 1. The number of carbonyl (C=O) groups is 1. The van der Waals surface area contributed by atoms with Crippen molar-refractivity contribution in [2.75, 3.05) is 0 Å². The average molecular weight is 342 g/mol. The summed E-state index contributed by atoms with van der Waals surface area (Å²) in [6.07, 6.45) is 1.77. The monoisotopic (exact) mass is 342 g/mol. The summed E-state index contributed by atoms with van der Waals surface area (Å²) < 4.78 is 6.14. The maximum atomic E-state index is 11.9. The zero-order valence-electron chi connectivity index (χ0n) is 12.1. The lowest BCUT2D eigenvalue weighted by molar-refractivity contribution is -0.122. The Morgan fingerprint density at radius 2 is 1.96 bits per heavy atom. The second-order valence-electron chi connectivity index (χ2n) is 4.90. The van der Waals surface area contributed by atoms with E-state index in [1.807, 2.05) is 54.6 Å². The highest BCUT2D eigenvalue weighted by molar-refractivity contribution is 8.26. The van der Waals surface area contributed by atoms with Gasteiger partial charge in [0, 0.05) is 0 Å². The third kappa shape index (κ3) is 3.79. The van der Waals surface area contributed by atoms with Crippen molar-refractivity contribution in [1.82, 2.24) is 5.01 Å². The molecule has 6 heteroatoms. The van der Waals surface area contributed by atoms with Crippen LogP contribution in [0.25, 0.3) is 6.08 Å². The van der Waals surface area contributed by atoms with Gasteiger partial charge in [-0.1, -0.05) is 66.4 Å². The van der Waals surface area contributed by atoms with E-state index < -0.39 is 0 Å². The van der Waals surface area contributed by atoms with Crippen LogP contribution in [0.15, 0.2) is 59.5 Å². The molecule has 3 rings (SSSR count). The van der Waals surface area contributed by atoms with E-state index in [4.69, 9.17) is 22.8 Å². The van der Waals surface area contributed by atoms with Gasteiger partial charge in [0.25, 0.3) is 5.91 Å². The van der Waals surface area contributed by atoms with Gasteiger partial charge in [0.15, 0.2) is 4.32 Å². The van der Waals surface area contributed by atoms with Crippen LogP contribution < -0.4 is 10.6 Å². The van der Waals surface area contributed by atoms with Gasteiger partial charge < -0.3 is 4.74 Å². The first-order chi connectivity index (χ1) is 11.1. The minimum absolute atomic E-state index is 0.282. The molecule has 2 N–H and O–H groups in total. The molecule has 0 atom stereocenters. The van der Waals surface area contributed by atoms with E-state index >= 15 is 0 Å². The Balaban J connectivity index is 1.73. The van der Waals surface area contributed by atoms with E-state index in [1.165, 1.54) is 11.8 Å². The molecule has 0 radical (unpaired) electrons. The SMILES string of the molecule is NN1C(=O)/C(=C/c2cccc(OCc3ccccc3)c2)SC1=S. The van der Waals surface area contributed by atoms with Crippen LogP contribution in [0.4, 0.5) is 0 Å². The van der Waals surface area contributed by atoms with Gasteiger partial charge in [-0.3, -0.25) is 4.79 Å². The molecule has 0 saturated carbocycles. The smallest absolute Gasteiger partial charge is 0.280 e. The molecule has 1 aliphatic heterocycles. The molecule has 116 valence electrons. The minimum atomic E-state index is -0.282. The lowest BCUT2D eigenvalue weighted by atomic mass is 10.2. The molecule has 1 saturated heterocycles. The Labute approximate surface area is 143 Å². The Morgan fingerprint density at radius 1 is 1.17 bits per heavy atom. The predicted molar refractivity (Wildman–Crippen MR) is 96.4 cm³/mol. The molecule has 0 spiro atoms. The van der Waals surface area contributed by atoms with Crippen molar-refractivity contribution in [3.63, 3.8) is 0 Å². The molecule has 4 nitrogen and oxygen atoms in total. The number of ether oxygens (including phenoxy) is 1. The van der Waals surface area contributed by atoms with Gasteiger partial charge in [0.2, 0.25) is 0 Å². The van der Waals surface area contributed by atoms with Crippen LogP contribution in [0.5, 0.6) is 5.75 Å². The van der Waals surface area contributed by atoms with Gasteiger partial charge in [0.1, 0.15) is 12.4 Å². The third-order valence-corrected chi connectivity index (χ3v) is 4.56. The fraction of sp³-hybridized carbons (Fsp3) is 0.0588. The van der Waals surface area contributed by atoms with Crippen molar-refractivity contribution in [3.05, 3.63) is 70.6 Å². The molecule has 0 aliphatic carbocycles. The van der Waals surface area contributed by atoms with Gasteiger partial charge in [-0.2, -0.15) is 0 Å². The number of rotatable bonds is 4. The van der Waals surface area contributed by atoms with Crippen molar-refractivity contribution < 1.29 is 9.53 Å². The summed E-state index contributed by atoms with van der Waals surface area (Å²) in [5, 5.41) is 0.988. The van der Waals surface area contributed by atoms with E-state index in [0.717, 1.165) is 21.9 Å². The second-order valence-corrected chi connectivity index (χ2v) is 6.57. The first-order valence-corrected chi connectivity index (χ1v) is 8.15. The van der Waals surface area contributed by atoms with Crippen molar-refractivity contribution in [2.24, 2.45) is 5.84 Å². The first kappa shape index (κ1) is 15.7. The molecule has 0 bridgehead atoms. The maximum absolute atomic E-state index is 11.9. The van der Waals surface area contributed by atoms with Gasteiger partial charge in [0.05, 0.1) is 4.91 Å². The molecule has 1 heterocycles. The summed E-state index contributed by atoms with van der Waals surface area (Å²) in [4.78, 5) is 12.4. The number of hydrogen-bond donors (Lipinski definition) is 1. The van der Waals surface area contributed by atoms with E-state index in [1.54, 1.807) is 6.08 Å². The molecule has 1 fully saturated rings. The third-order valence-electron chi connectivity index (χ3n) is 3.23. The van der Waals surface area contributed by atoms with Crippen LogP contribution in [0.1, 0.15) is 11.1 Å².